The number of methoxy groups -OCH3 is 1. The molecule has 0 N–H and O–H groups in total. The van der Waals surface area contributed by atoms with Crippen molar-refractivity contribution in [3.05, 3.63) is 71.4 Å². The first-order valence-electron chi connectivity index (χ1n) is 12.7. The summed E-state index contributed by atoms with van der Waals surface area (Å²) < 4.78 is 62.6. The standard InChI is InChI=1S/C27H27F2N5O4S/c1-38-26(35)27-13-18-14-31-34(22-4-2-20(28)3-5-22)24(18)12-19(27)8-11-33(17-27)39(36,37)23-6-7-25(30-15-23)32-10-9-21(29)16-32/h2-7,12,14-15,21H,8-11,13,16-17H2,1H3/t21-,27+/m1/s1. The third-order valence-corrected chi connectivity index (χ3v) is 9.67. The molecule has 0 saturated carbocycles. The maximum absolute atomic E-state index is 13.7. The van der Waals surface area contributed by atoms with Crippen LogP contribution in [0.3, 0.4) is 0 Å². The summed E-state index contributed by atoms with van der Waals surface area (Å²) >= 11 is 0. The zero-order valence-electron chi connectivity index (χ0n) is 21.3. The van der Waals surface area contributed by atoms with Crippen LogP contribution in [-0.4, -0.2) is 72.9 Å². The topological polar surface area (TPSA) is 97.6 Å². The van der Waals surface area contributed by atoms with Gasteiger partial charge in [-0.3, -0.25) is 4.79 Å². The molecule has 2 saturated heterocycles. The Bertz CT molecular complexity index is 1560. The molecule has 3 aliphatic rings. The van der Waals surface area contributed by atoms with E-state index in [1.165, 1.54) is 35.8 Å². The van der Waals surface area contributed by atoms with Crippen molar-refractivity contribution in [1.29, 1.82) is 0 Å². The number of rotatable bonds is 5. The van der Waals surface area contributed by atoms with Gasteiger partial charge in [0, 0.05) is 25.8 Å². The van der Waals surface area contributed by atoms with Crippen molar-refractivity contribution >= 4 is 27.9 Å². The number of aromatic nitrogens is 3. The molecule has 0 bridgehead atoms. The third-order valence-electron chi connectivity index (χ3n) is 7.84. The predicted octanol–water partition coefficient (Wildman–Crippen LogP) is 3.15. The number of pyridine rings is 1. The Morgan fingerprint density at radius 3 is 2.59 bits per heavy atom. The van der Waals surface area contributed by atoms with Gasteiger partial charge in [-0.05, 0) is 72.9 Å². The fraction of sp³-hybridized carbons (Fsp3) is 0.370. The second-order valence-corrected chi connectivity index (χ2v) is 12.1. The van der Waals surface area contributed by atoms with Crippen molar-refractivity contribution in [2.45, 2.75) is 30.3 Å². The molecular weight excluding hydrogens is 528 g/mol. The molecule has 0 radical (unpaired) electrons. The van der Waals surface area contributed by atoms with E-state index in [0.717, 1.165) is 16.8 Å². The molecule has 2 aliphatic heterocycles. The van der Waals surface area contributed by atoms with E-state index in [4.69, 9.17) is 4.74 Å². The third kappa shape index (κ3) is 4.31. The molecule has 0 unspecified atom stereocenters. The number of nitrogens with zero attached hydrogens (tertiary/aromatic N) is 5. The van der Waals surface area contributed by atoms with Crippen LogP contribution in [0.4, 0.5) is 14.6 Å². The number of sulfonamides is 1. The first kappa shape index (κ1) is 25.6. The van der Waals surface area contributed by atoms with Crippen LogP contribution in [0.25, 0.3) is 11.8 Å². The smallest absolute Gasteiger partial charge is 0.317 e. The van der Waals surface area contributed by atoms with E-state index >= 15 is 0 Å². The molecule has 3 aromatic rings. The van der Waals surface area contributed by atoms with Gasteiger partial charge >= 0.3 is 5.97 Å². The lowest BCUT2D eigenvalue weighted by Gasteiger charge is -2.43. The summed E-state index contributed by atoms with van der Waals surface area (Å²) in [5.74, 6) is -0.343. The molecule has 6 rings (SSSR count). The number of halogens is 2. The summed E-state index contributed by atoms with van der Waals surface area (Å²) in [6.45, 7) is 0.849. The number of alkyl halides is 1. The molecule has 2 atom stereocenters. The number of esters is 1. The first-order valence-corrected chi connectivity index (χ1v) is 14.1. The average molecular weight is 556 g/mol. The van der Waals surface area contributed by atoms with Crippen LogP contribution < -0.4 is 4.90 Å². The van der Waals surface area contributed by atoms with E-state index in [-0.39, 0.29) is 36.8 Å². The Morgan fingerprint density at radius 1 is 1.13 bits per heavy atom. The number of ether oxygens (including phenoxy) is 1. The first-order chi connectivity index (χ1) is 18.7. The van der Waals surface area contributed by atoms with Gasteiger partial charge in [0.05, 0.1) is 31.2 Å². The predicted molar refractivity (Wildman–Crippen MR) is 139 cm³/mol. The van der Waals surface area contributed by atoms with Crippen molar-refractivity contribution in [2.24, 2.45) is 5.41 Å². The van der Waals surface area contributed by atoms with Gasteiger partial charge in [-0.1, -0.05) is 0 Å². The number of hydrogen-bond acceptors (Lipinski definition) is 7. The Kier molecular flexibility index (Phi) is 6.26. The van der Waals surface area contributed by atoms with E-state index in [9.17, 15) is 22.0 Å². The highest BCUT2D eigenvalue weighted by Crippen LogP contribution is 2.46. The van der Waals surface area contributed by atoms with Gasteiger partial charge < -0.3 is 9.64 Å². The van der Waals surface area contributed by atoms with E-state index in [1.54, 1.807) is 34.0 Å². The lowest BCUT2D eigenvalue weighted by molar-refractivity contribution is -0.151. The maximum atomic E-state index is 13.7. The lowest BCUT2D eigenvalue weighted by atomic mass is 9.69. The summed E-state index contributed by atoms with van der Waals surface area (Å²) in [6.07, 6.45) is 4.85. The number of carbonyl (C=O) groups excluding carboxylic acids is 1. The number of hydrogen-bond donors (Lipinski definition) is 0. The Morgan fingerprint density at radius 2 is 1.92 bits per heavy atom. The monoisotopic (exact) mass is 555 g/mol. The van der Waals surface area contributed by atoms with Crippen LogP contribution in [0.2, 0.25) is 0 Å². The van der Waals surface area contributed by atoms with Crippen LogP contribution in [0.1, 0.15) is 24.1 Å². The summed E-state index contributed by atoms with van der Waals surface area (Å²) in [4.78, 5) is 19.4. The molecule has 1 aliphatic carbocycles. The molecule has 204 valence electrons. The summed E-state index contributed by atoms with van der Waals surface area (Å²) in [5, 5.41) is 4.46. The SMILES string of the molecule is COC(=O)[C@]12Cc3cnn(-c4ccc(F)cc4)c3C=C1CCN(S(=O)(=O)c1ccc(N3CC[C@@H](F)C3)nc1)C2. The highest BCUT2D eigenvalue weighted by molar-refractivity contribution is 7.89. The van der Waals surface area contributed by atoms with Gasteiger partial charge in [0.25, 0.3) is 0 Å². The maximum Gasteiger partial charge on any atom is 0.317 e. The van der Waals surface area contributed by atoms with Crippen molar-refractivity contribution in [3.8, 4) is 5.69 Å². The minimum atomic E-state index is -3.98. The minimum absolute atomic E-state index is 0.00955. The quantitative estimate of drug-likeness (QED) is 0.446. The van der Waals surface area contributed by atoms with Gasteiger partial charge in [0.1, 0.15) is 28.1 Å². The average Bonchev–Trinajstić information content (AvgIpc) is 3.57. The Labute approximate surface area is 224 Å². The zero-order chi connectivity index (χ0) is 27.4. The molecule has 12 heteroatoms. The second kappa shape index (κ2) is 9.53. The van der Waals surface area contributed by atoms with E-state index in [1.807, 2.05) is 6.08 Å². The van der Waals surface area contributed by atoms with Crippen molar-refractivity contribution in [1.82, 2.24) is 19.1 Å². The van der Waals surface area contributed by atoms with Crippen LogP contribution in [0.15, 0.2) is 59.3 Å². The normalized spacial score (nSPS) is 23.2. The Balaban J connectivity index is 1.30. The molecule has 4 heterocycles. The van der Waals surface area contributed by atoms with E-state index in [0.29, 0.717) is 30.9 Å². The van der Waals surface area contributed by atoms with E-state index in [2.05, 4.69) is 10.1 Å². The molecule has 1 aromatic carbocycles. The molecular formula is C27H27F2N5O4S. The molecule has 39 heavy (non-hydrogen) atoms. The summed E-state index contributed by atoms with van der Waals surface area (Å²) in [6, 6.07) is 9.02. The van der Waals surface area contributed by atoms with Gasteiger partial charge in [-0.15, -0.1) is 0 Å². The van der Waals surface area contributed by atoms with Gasteiger partial charge in [-0.2, -0.15) is 9.40 Å². The number of piperidine rings is 1. The van der Waals surface area contributed by atoms with Crippen LogP contribution in [0, 0.1) is 11.2 Å². The van der Waals surface area contributed by atoms with Crippen molar-refractivity contribution in [2.75, 3.05) is 38.2 Å². The number of carbonyl (C=O) groups is 1. The van der Waals surface area contributed by atoms with Crippen LogP contribution in [0.5, 0.6) is 0 Å². The van der Waals surface area contributed by atoms with Crippen LogP contribution >= 0.6 is 0 Å². The fourth-order valence-electron chi connectivity index (χ4n) is 5.76. The van der Waals surface area contributed by atoms with Crippen molar-refractivity contribution in [3.63, 3.8) is 0 Å². The van der Waals surface area contributed by atoms with Crippen molar-refractivity contribution < 1.29 is 26.7 Å². The highest BCUT2D eigenvalue weighted by atomic mass is 32.2. The molecule has 2 fully saturated rings. The molecule has 9 nitrogen and oxygen atoms in total. The van der Waals surface area contributed by atoms with Gasteiger partial charge in [0.2, 0.25) is 10.0 Å². The molecule has 2 aromatic heterocycles. The number of anilines is 1. The van der Waals surface area contributed by atoms with E-state index < -0.39 is 27.6 Å². The zero-order valence-corrected chi connectivity index (χ0v) is 22.1. The summed E-state index contributed by atoms with van der Waals surface area (Å²) in [5.41, 5.74) is 1.76. The minimum Gasteiger partial charge on any atom is -0.468 e. The van der Waals surface area contributed by atoms with Gasteiger partial charge in [-0.25, -0.2) is 26.9 Å². The van der Waals surface area contributed by atoms with Gasteiger partial charge in [0.15, 0.2) is 0 Å². The largest absolute Gasteiger partial charge is 0.468 e. The van der Waals surface area contributed by atoms with Crippen LogP contribution in [-0.2, 0) is 26.0 Å². The highest BCUT2D eigenvalue weighted by Gasteiger charge is 2.51. The molecule has 0 spiro atoms. The fourth-order valence-corrected chi connectivity index (χ4v) is 7.21. The number of benzene rings is 1. The lowest BCUT2D eigenvalue weighted by Crippen LogP contribution is -2.53. The number of fused-ring (bicyclic) bond motifs is 2. The summed E-state index contributed by atoms with van der Waals surface area (Å²) in [7, 11) is -2.68. The molecule has 0 amide bonds. The Hall–Kier alpha value is -3.64. The second-order valence-electron chi connectivity index (χ2n) is 10.1.